The third-order valence-corrected chi connectivity index (χ3v) is 2.43. The molecular formula is C14H24ClNO2. The van der Waals surface area contributed by atoms with E-state index in [1.807, 2.05) is 18.2 Å². The number of hydrogen-bond donors (Lipinski definition) is 3. The van der Waals surface area contributed by atoms with Crippen molar-refractivity contribution in [2.75, 3.05) is 13.2 Å². The summed E-state index contributed by atoms with van der Waals surface area (Å²) in [4.78, 5) is 0. The summed E-state index contributed by atoms with van der Waals surface area (Å²) in [6, 6.07) is 7.37. The predicted molar refractivity (Wildman–Crippen MR) is 76.9 cm³/mol. The van der Waals surface area contributed by atoms with Crippen LogP contribution in [0.4, 0.5) is 0 Å². The van der Waals surface area contributed by atoms with Gasteiger partial charge in [0, 0.05) is 29.3 Å². The summed E-state index contributed by atoms with van der Waals surface area (Å²) in [7, 11) is 0. The van der Waals surface area contributed by atoms with Crippen molar-refractivity contribution < 1.29 is 10.2 Å². The monoisotopic (exact) mass is 273 g/mol. The van der Waals surface area contributed by atoms with Crippen LogP contribution in [0.5, 0.6) is 0 Å². The number of β-amino-alcohol motifs (C(OH)–C–C–N with tert-alkyl or cyclic N) is 1. The van der Waals surface area contributed by atoms with E-state index in [-0.39, 0.29) is 12.1 Å². The molecule has 1 aromatic carbocycles. The van der Waals surface area contributed by atoms with Gasteiger partial charge in [0.1, 0.15) is 0 Å². The predicted octanol–water partition coefficient (Wildman–Crippen LogP) is 2.76. The fourth-order valence-corrected chi connectivity index (χ4v) is 1.52. The maximum Gasteiger partial charge on any atom is 0.0928 e. The topological polar surface area (TPSA) is 52.5 Å². The lowest BCUT2D eigenvalue weighted by atomic mass is 10.1. The van der Waals surface area contributed by atoms with E-state index >= 15 is 0 Å². The van der Waals surface area contributed by atoms with Gasteiger partial charge < -0.3 is 15.5 Å². The van der Waals surface area contributed by atoms with Gasteiger partial charge in [-0.25, -0.2) is 0 Å². The van der Waals surface area contributed by atoms with E-state index in [1.165, 1.54) is 0 Å². The zero-order valence-electron chi connectivity index (χ0n) is 11.6. The number of aliphatic hydroxyl groups excluding tert-OH is 2. The second-order valence-corrected chi connectivity index (χ2v) is 5.39. The molecule has 0 saturated carbocycles. The molecular weight excluding hydrogens is 250 g/mol. The van der Waals surface area contributed by atoms with Gasteiger partial charge in [0.15, 0.2) is 0 Å². The van der Waals surface area contributed by atoms with Gasteiger partial charge in [0.05, 0.1) is 6.10 Å². The molecule has 0 aliphatic carbocycles. The molecule has 0 saturated heterocycles. The van der Waals surface area contributed by atoms with Crippen LogP contribution in [0.25, 0.3) is 0 Å². The Labute approximate surface area is 115 Å². The summed E-state index contributed by atoms with van der Waals surface area (Å²) in [6.45, 7) is 8.62. The van der Waals surface area contributed by atoms with Crippen molar-refractivity contribution in [3.63, 3.8) is 0 Å². The van der Waals surface area contributed by atoms with Crippen LogP contribution in [0.2, 0.25) is 5.02 Å². The van der Waals surface area contributed by atoms with Crippen LogP contribution in [0.1, 0.15) is 39.4 Å². The Kier molecular flexibility index (Phi) is 8.20. The van der Waals surface area contributed by atoms with Gasteiger partial charge in [-0.05, 0) is 33.8 Å². The standard InChI is InChI=1S/C12H18ClNO.C2H6O/c1-12(2,3)14-8-11(15)9-6-4-5-7-10(9)13;1-2-3/h4-7,11,14-15H,8H2,1-3H3;3H,2H2,1H3. The summed E-state index contributed by atoms with van der Waals surface area (Å²) in [5.41, 5.74) is 0.776. The number of hydrogen-bond acceptors (Lipinski definition) is 3. The van der Waals surface area contributed by atoms with Crippen LogP contribution in [0.15, 0.2) is 24.3 Å². The number of rotatable bonds is 3. The molecule has 4 heteroatoms. The van der Waals surface area contributed by atoms with Gasteiger partial charge in [0.2, 0.25) is 0 Å². The Hall–Kier alpha value is -0.610. The maximum atomic E-state index is 9.92. The van der Waals surface area contributed by atoms with E-state index in [0.717, 1.165) is 5.56 Å². The lowest BCUT2D eigenvalue weighted by Crippen LogP contribution is -2.38. The van der Waals surface area contributed by atoms with Gasteiger partial charge in [-0.15, -0.1) is 0 Å². The smallest absolute Gasteiger partial charge is 0.0928 e. The van der Waals surface area contributed by atoms with Crippen molar-refractivity contribution in [2.45, 2.75) is 39.3 Å². The van der Waals surface area contributed by atoms with Crippen LogP contribution in [0, 0.1) is 0 Å². The van der Waals surface area contributed by atoms with Crippen molar-refractivity contribution in [2.24, 2.45) is 0 Å². The van der Waals surface area contributed by atoms with Crippen molar-refractivity contribution in [1.82, 2.24) is 5.32 Å². The van der Waals surface area contributed by atoms with E-state index in [4.69, 9.17) is 16.7 Å². The lowest BCUT2D eigenvalue weighted by Gasteiger charge is -2.23. The SMILES string of the molecule is CC(C)(C)NCC(O)c1ccccc1Cl.CCO. The minimum atomic E-state index is -0.557. The fourth-order valence-electron chi connectivity index (χ4n) is 1.26. The van der Waals surface area contributed by atoms with Crippen molar-refractivity contribution in [1.29, 1.82) is 0 Å². The quantitative estimate of drug-likeness (QED) is 0.794. The molecule has 1 unspecified atom stereocenters. The second-order valence-electron chi connectivity index (χ2n) is 4.98. The summed E-state index contributed by atoms with van der Waals surface area (Å²) in [5.74, 6) is 0. The van der Waals surface area contributed by atoms with Gasteiger partial charge in [-0.2, -0.15) is 0 Å². The minimum Gasteiger partial charge on any atom is -0.397 e. The molecule has 3 N–H and O–H groups in total. The summed E-state index contributed by atoms with van der Waals surface area (Å²) in [5, 5.41) is 21.3. The Morgan fingerprint density at radius 2 is 1.78 bits per heavy atom. The van der Waals surface area contributed by atoms with E-state index in [0.29, 0.717) is 11.6 Å². The summed E-state index contributed by atoms with van der Waals surface area (Å²) < 4.78 is 0. The molecule has 0 fully saturated rings. The van der Waals surface area contributed by atoms with Crippen LogP contribution < -0.4 is 5.32 Å². The Morgan fingerprint density at radius 3 is 2.22 bits per heavy atom. The van der Waals surface area contributed by atoms with E-state index < -0.39 is 6.10 Å². The van der Waals surface area contributed by atoms with Gasteiger partial charge in [-0.3, -0.25) is 0 Å². The first-order valence-corrected chi connectivity index (χ1v) is 6.48. The average molecular weight is 274 g/mol. The van der Waals surface area contributed by atoms with Gasteiger partial charge >= 0.3 is 0 Å². The highest BCUT2D eigenvalue weighted by molar-refractivity contribution is 6.31. The number of benzene rings is 1. The van der Waals surface area contributed by atoms with Gasteiger partial charge in [-0.1, -0.05) is 29.8 Å². The number of aliphatic hydroxyl groups is 2. The minimum absolute atomic E-state index is 0.00222. The highest BCUT2D eigenvalue weighted by atomic mass is 35.5. The van der Waals surface area contributed by atoms with Crippen LogP contribution in [0.3, 0.4) is 0 Å². The zero-order chi connectivity index (χ0) is 14.2. The molecule has 0 aliphatic heterocycles. The maximum absolute atomic E-state index is 9.92. The number of nitrogens with one attached hydrogen (secondary N) is 1. The van der Waals surface area contributed by atoms with Crippen molar-refractivity contribution in [3.05, 3.63) is 34.9 Å². The van der Waals surface area contributed by atoms with E-state index in [9.17, 15) is 5.11 Å². The molecule has 1 atom stereocenters. The van der Waals surface area contributed by atoms with Crippen LogP contribution in [-0.2, 0) is 0 Å². The van der Waals surface area contributed by atoms with Crippen molar-refractivity contribution >= 4 is 11.6 Å². The molecule has 3 nitrogen and oxygen atoms in total. The summed E-state index contributed by atoms with van der Waals surface area (Å²) in [6.07, 6.45) is -0.557. The largest absolute Gasteiger partial charge is 0.397 e. The molecule has 18 heavy (non-hydrogen) atoms. The lowest BCUT2D eigenvalue weighted by molar-refractivity contribution is 0.163. The van der Waals surface area contributed by atoms with E-state index in [2.05, 4.69) is 26.1 Å². The molecule has 0 aromatic heterocycles. The Morgan fingerprint density at radius 1 is 1.28 bits per heavy atom. The molecule has 104 valence electrons. The molecule has 0 spiro atoms. The Bertz CT molecular complexity index is 337. The fraction of sp³-hybridized carbons (Fsp3) is 0.571. The molecule has 0 amide bonds. The van der Waals surface area contributed by atoms with E-state index in [1.54, 1.807) is 13.0 Å². The third kappa shape index (κ3) is 7.67. The molecule has 1 rings (SSSR count). The van der Waals surface area contributed by atoms with Crippen LogP contribution >= 0.6 is 11.6 Å². The number of halogens is 1. The molecule has 0 bridgehead atoms. The first-order chi connectivity index (χ1) is 8.31. The zero-order valence-corrected chi connectivity index (χ0v) is 12.3. The Balaban J connectivity index is 0.000000873. The molecule has 0 aliphatic rings. The molecule has 0 radical (unpaired) electrons. The molecule has 1 aromatic rings. The van der Waals surface area contributed by atoms with Crippen LogP contribution in [-0.4, -0.2) is 28.9 Å². The normalized spacial score (nSPS) is 12.6. The highest BCUT2D eigenvalue weighted by Crippen LogP contribution is 2.22. The average Bonchev–Trinajstić information content (AvgIpc) is 2.27. The third-order valence-electron chi connectivity index (χ3n) is 2.09. The van der Waals surface area contributed by atoms with Crippen molar-refractivity contribution in [3.8, 4) is 0 Å². The van der Waals surface area contributed by atoms with Gasteiger partial charge in [0.25, 0.3) is 0 Å². The molecule has 0 heterocycles. The highest BCUT2D eigenvalue weighted by Gasteiger charge is 2.15. The second kappa shape index (κ2) is 8.48. The first kappa shape index (κ1) is 17.4. The summed E-state index contributed by atoms with van der Waals surface area (Å²) >= 11 is 5.98. The first-order valence-electron chi connectivity index (χ1n) is 6.10.